The lowest BCUT2D eigenvalue weighted by Gasteiger charge is -2.48. The van der Waals surface area contributed by atoms with Crippen LogP contribution in [0.25, 0.3) is 0 Å². The largest absolute Gasteiger partial charge is 0.394 e. The Balaban J connectivity index is 2.99. The van der Waals surface area contributed by atoms with Crippen LogP contribution in [0.4, 0.5) is 0 Å². The minimum absolute atomic E-state index is 0.0429. The molecule has 1 aliphatic carbocycles. The van der Waals surface area contributed by atoms with Crippen molar-refractivity contribution in [1.82, 2.24) is 0 Å². The molecule has 0 aliphatic heterocycles. The normalized spacial score (nSPS) is 37.1. The summed E-state index contributed by atoms with van der Waals surface area (Å²) in [5.74, 6) is 1.12. The highest BCUT2D eigenvalue weighted by Crippen LogP contribution is 2.49. The zero-order valence-electron chi connectivity index (χ0n) is 12.8. The van der Waals surface area contributed by atoms with Crippen LogP contribution in [0.1, 0.15) is 40.5 Å². The highest BCUT2D eigenvalue weighted by atomic mass is 16.7. The van der Waals surface area contributed by atoms with Crippen molar-refractivity contribution in [2.45, 2.75) is 46.6 Å². The van der Waals surface area contributed by atoms with Crippen molar-refractivity contribution >= 4 is 5.78 Å². The molecule has 5 atom stereocenters. The predicted octanol–water partition coefficient (Wildman–Crippen LogP) is 2.25. The van der Waals surface area contributed by atoms with Gasteiger partial charge in [-0.15, -0.1) is 0 Å². The summed E-state index contributed by atoms with van der Waals surface area (Å²) in [6.45, 7) is 8.10. The summed E-state index contributed by atoms with van der Waals surface area (Å²) >= 11 is 0. The van der Waals surface area contributed by atoms with E-state index < -0.39 is 5.41 Å². The first-order valence-electron chi connectivity index (χ1n) is 7.09. The smallest absolute Gasteiger partial charge is 0.146 e. The molecule has 4 heteroatoms. The van der Waals surface area contributed by atoms with Gasteiger partial charge in [-0.2, -0.15) is 0 Å². The number of carbonyl (C=O) groups is 1. The molecule has 112 valence electrons. The van der Waals surface area contributed by atoms with Crippen LogP contribution >= 0.6 is 0 Å². The molecule has 0 heterocycles. The Morgan fingerprint density at radius 2 is 2.11 bits per heavy atom. The maximum atomic E-state index is 12.1. The molecule has 0 aromatic carbocycles. The van der Waals surface area contributed by atoms with E-state index in [-0.39, 0.29) is 31.2 Å². The van der Waals surface area contributed by atoms with E-state index in [2.05, 4.69) is 13.8 Å². The second-order valence-electron chi connectivity index (χ2n) is 6.32. The fourth-order valence-corrected chi connectivity index (χ4v) is 3.93. The van der Waals surface area contributed by atoms with Gasteiger partial charge in [-0.25, -0.2) is 0 Å². The van der Waals surface area contributed by atoms with Crippen LogP contribution in [-0.4, -0.2) is 37.5 Å². The first-order valence-corrected chi connectivity index (χ1v) is 7.09. The van der Waals surface area contributed by atoms with Crippen LogP contribution < -0.4 is 0 Å². The van der Waals surface area contributed by atoms with Gasteiger partial charge in [0.1, 0.15) is 12.6 Å². The van der Waals surface area contributed by atoms with Crippen LogP contribution in [0.3, 0.4) is 0 Å². The van der Waals surface area contributed by atoms with Crippen LogP contribution in [0.2, 0.25) is 0 Å². The number of methoxy groups -OCH3 is 1. The molecule has 19 heavy (non-hydrogen) atoms. The fourth-order valence-electron chi connectivity index (χ4n) is 3.93. The standard InChI is InChI=1S/C15H28O4/c1-10-6-11(2)14(13(8-16)19-9-18-5)15(4,7-10)12(3)17/h10-11,13-14,16H,6-9H2,1-5H3/t10-,11+,13-,14+,15+/m1/s1. The lowest BCUT2D eigenvalue weighted by Crippen LogP contribution is -2.51. The molecular formula is C15H28O4. The number of carbonyl (C=O) groups excluding carboxylic acids is 1. The molecule has 1 rings (SSSR count). The van der Waals surface area contributed by atoms with Gasteiger partial charge >= 0.3 is 0 Å². The molecular weight excluding hydrogens is 244 g/mol. The number of rotatable bonds is 6. The van der Waals surface area contributed by atoms with Crippen molar-refractivity contribution in [3.05, 3.63) is 0 Å². The van der Waals surface area contributed by atoms with E-state index in [1.54, 1.807) is 14.0 Å². The van der Waals surface area contributed by atoms with Gasteiger partial charge < -0.3 is 14.6 Å². The van der Waals surface area contributed by atoms with Crippen molar-refractivity contribution < 1.29 is 19.4 Å². The van der Waals surface area contributed by atoms with Crippen LogP contribution in [0.5, 0.6) is 0 Å². The molecule has 1 N–H and O–H groups in total. The molecule has 0 aromatic rings. The van der Waals surface area contributed by atoms with Crippen LogP contribution in [0.15, 0.2) is 0 Å². The molecule has 1 aliphatic rings. The van der Waals surface area contributed by atoms with Gasteiger partial charge in [0.2, 0.25) is 0 Å². The Morgan fingerprint density at radius 3 is 2.58 bits per heavy atom. The Bertz CT molecular complexity index is 305. The van der Waals surface area contributed by atoms with E-state index in [0.29, 0.717) is 11.8 Å². The van der Waals surface area contributed by atoms with Gasteiger partial charge in [0.05, 0.1) is 12.7 Å². The Labute approximate surface area is 116 Å². The summed E-state index contributed by atoms with van der Waals surface area (Å²) in [4.78, 5) is 12.1. The van der Waals surface area contributed by atoms with E-state index in [1.807, 2.05) is 6.92 Å². The minimum atomic E-state index is -0.418. The molecule has 1 saturated carbocycles. The number of aliphatic hydroxyl groups excluding tert-OH is 1. The van der Waals surface area contributed by atoms with Crippen molar-refractivity contribution in [2.24, 2.45) is 23.2 Å². The summed E-state index contributed by atoms with van der Waals surface area (Å²) in [7, 11) is 1.56. The Hall–Kier alpha value is -0.450. The third-order valence-electron chi connectivity index (χ3n) is 4.68. The van der Waals surface area contributed by atoms with Crippen LogP contribution in [-0.2, 0) is 14.3 Å². The maximum Gasteiger partial charge on any atom is 0.146 e. The molecule has 0 amide bonds. The van der Waals surface area contributed by atoms with E-state index in [0.717, 1.165) is 12.8 Å². The fraction of sp³-hybridized carbons (Fsp3) is 0.933. The maximum absolute atomic E-state index is 12.1. The van der Waals surface area contributed by atoms with Crippen molar-refractivity contribution in [3.63, 3.8) is 0 Å². The highest BCUT2D eigenvalue weighted by Gasteiger charge is 2.49. The number of hydrogen-bond acceptors (Lipinski definition) is 4. The third kappa shape index (κ3) is 3.56. The van der Waals surface area contributed by atoms with Crippen LogP contribution in [0, 0.1) is 23.2 Å². The van der Waals surface area contributed by atoms with E-state index >= 15 is 0 Å². The van der Waals surface area contributed by atoms with E-state index in [9.17, 15) is 9.90 Å². The van der Waals surface area contributed by atoms with Gasteiger partial charge in [-0.1, -0.05) is 20.8 Å². The monoisotopic (exact) mass is 272 g/mol. The molecule has 0 radical (unpaired) electrons. The predicted molar refractivity (Wildman–Crippen MR) is 73.7 cm³/mol. The molecule has 0 bridgehead atoms. The first-order chi connectivity index (χ1) is 8.86. The Kier molecular flexibility index (Phi) is 5.96. The van der Waals surface area contributed by atoms with Gasteiger partial charge in [0, 0.05) is 18.4 Å². The summed E-state index contributed by atoms with van der Waals surface area (Å²) < 4.78 is 10.5. The molecule has 0 spiro atoms. The van der Waals surface area contributed by atoms with Crippen molar-refractivity contribution in [2.75, 3.05) is 20.5 Å². The molecule has 0 aromatic heterocycles. The number of hydrogen-bond donors (Lipinski definition) is 1. The second kappa shape index (κ2) is 6.82. The number of ether oxygens (including phenoxy) is 2. The third-order valence-corrected chi connectivity index (χ3v) is 4.68. The van der Waals surface area contributed by atoms with Crippen molar-refractivity contribution in [3.8, 4) is 0 Å². The molecule has 4 nitrogen and oxygen atoms in total. The average Bonchev–Trinajstić information content (AvgIpc) is 2.32. The van der Waals surface area contributed by atoms with Gasteiger partial charge in [-0.3, -0.25) is 4.79 Å². The van der Waals surface area contributed by atoms with E-state index in [1.165, 1.54) is 0 Å². The second-order valence-corrected chi connectivity index (χ2v) is 6.32. The van der Waals surface area contributed by atoms with Gasteiger partial charge in [-0.05, 0) is 31.6 Å². The zero-order chi connectivity index (χ0) is 14.6. The summed E-state index contributed by atoms with van der Waals surface area (Å²) in [6.07, 6.45) is 1.60. The molecule has 0 unspecified atom stereocenters. The average molecular weight is 272 g/mol. The first kappa shape index (κ1) is 16.6. The number of ketones is 1. The number of Topliss-reactive ketones (excluding diaryl/α,β-unsaturated/α-hetero) is 1. The lowest BCUT2D eigenvalue weighted by molar-refractivity contribution is -0.163. The quantitative estimate of drug-likeness (QED) is 0.753. The lowest BCUT2D eigenvalue weighted by atomic mass is 9.57. The zero-order valence-corrected chi connectivity index (χ0v) is 12.8. The SMILES string of the molecule is COCO[C@H](CO)[C@@H]1[C@@H](C)C[C@@H](C)C[C@@]1(C)C(C)=O. The molecule has 0 saturated heterocycles. The number of aliphatic hydroxyl groups is 1. The molecule has 1 fully saturated rings. The van der Waals surface area contributed by atoms with E-state index in [4.69, 9.17) is 9.47 Å². The minimum Gasteiger partial charge on any atom is -0.394 e. The van der Waals surface area contributed by atoms with Crippen molar-refractivity contribution in [1.29, 1.82) is 0 Å². The topological polar surface area (TPSA) is 55.8 Å². The summed E-state index contributed by atoms with van der Waals surface area (Å²) in [5.41, 5.74) is -0.418. The van der Waals surface area contributed by atoms with Gasteiger partial charge in [0.15, 0.2) is 0 Å². The van der Waals surface area contributed by atoms with Gasteiger partial charge in [0.25, 0.3) is 0 Å². The highest BCUT2D eigenvalue weighted by molar-refractivity contribution is 5.82. The summed E-state index contributed by atoms with van der Waals surface area (Å²) in [5, 5.41) is 9.61. The Morgan fingerprint density at radius 1 is 1.47 bits per heavy atom. The summed E-state index contributed by atoms with van der Waals surface area (Å²) in [6, 6.07) is 0.